The fraction of sp³-hybridized carbons (Fsp3) is 0.200. The number of hydrogen-bond acceptors (Lipinski definition) is 7. The van der Waals surface area contributed by atoms with E-state index in [4.69, 9.17) is 23.7 Å². The average Bonchev–Trinajstić information content (AvgIpc) is 2.87. The van der Waals surface area contributed by atoms with Crippen molar-refractivity contribution in [3.8, 4) is 28.7 Å². The molecule has 0 aliphatic rings. The van der Waals surface area contributed by atoms with E-state index in [-0.39, 0.29) is 0 Å². The molecule has 0 aliphatic carbocycles. The van der Waals surface area contributed by atoms with E-state index >= 15 is 0 Å². The van der Waals surface area contributed by atoms with Crippen LogP contribution < -0.4 is 29.1 Å². The van der Waals surface area contributed by atoms with Crippen LogP contribution in [-0.2, 0) is 6.61 Å². The Labute approximate surface area is 192 Å². The summed E-state index contributed by atoms with van der Waals surface area (Å²) in [7, 11) is 6.03. The Bertz CT molecular complexity index is 1090. The number of nitrogens with zero attached hydrogens (tertiary/aromatic N) is 1. The van der Waals surface area contributed by atoms with Crippen LogP contribution in [-0.4, -0.2) is 40.6 Å². The molecule has 0 atom stereocenters. The average molecular weight is 450 g/mol. The van der Waals surface area contributed by atoms with Crippen molar-refractivity contribution >= 4 is 12.1 Å². The minimum Gasteiger partial charge on any atom is -0.493 e. The molecular formula is C25H26N2O6. The van der Waals surface area contributed by atoms with E-state index < -0.39 is 5.91 Å². The highest BCUT2D eigenvalue weighted by atomic mass is 16.5. The van der Waals surface area contributed by atoms with E-state index in [1.54, 1.807) is 31.4 Å². The van der Waals surface area contributed by atoms with Gasteiger partial charge in [0.25, 0.3) is 5.91 Å². The zero-order chi connectivity index (χ0) is 23.6. The van der Waals surface area contributed by atoms with Gasteiger partial charge < -0.3 is 23.7 Å². The highest BCUT2D eigenvalue weighted by molar-refractivity contribution is 5.96. The van der Waals surface area contributed by atoms with Gasteiger partial charge in [-0.3, -0.25) is 4.79 Å². The Morgan fingerprint density at radius 1 is 0.818 bits per heavy atom. The molecule has 1 amide bonds. The topological polar surface area (TPSA) is 87.6 Å². The lowest BCUT2D eigenvalue weighted by atomic mass is 10.1. The summed E-state index contributed by atoms with van der Waals surface area (Å²) in [5, 5.41) is 4.04. The summed E-state index contributed by atoms with van der Waals surface area (Å²) < 4.78 is 27.1. The van der Waals surface area contributed by atoms with Crippen molar-refractivity contribution in [2.45, 2.75) is 6.61 Å². The maximum absolute atomic E-state index is 12.5. The van der Waals surface area contributed by atoms with Gasteiger partial charge in [-0.25, -0.2) is 5.43 Å². The summed E-state index contributed by atoms with van der Waals surface area (Å²) in [6.07, 6.45) is 1.51. The van der Waals surface area contributed by atoms with Gasteiger partial charge in [0, 0.05) is 5.56 Å². The Morgan fingerprint density at radius 3 is 2.09 bits per heavy atom. The molecule has 0 radical (unpaired) electrons. The van der Waals surface area contributed by atoms with Crippen molar-refractivity contribution in [3.63, 3.8) is 0 Å². The van der Waals surface area contributed by atoms with Gasteiger partial charge in [-0.1, -0.05) is 30.3 Å². The largest absolute Gasteiger partial charge is 0.493 e. The first-order valence-corrected chi connectivity index (χ1v) is 10.1. The Hall–Kier alpha value is -4.20. The number of carbonyl (C=O) groups is 1. The molecule has 8 heteroatoms. The predicted molar refractivity (Wildman–Crippen MR) is 125 cm³/mol. The zero-order valence-electron chi connectivity index (χ0n) is 19.0. The van der Waals surface area contributed by atoms with Crippen LogP contribution in [0.3, 0.4) is 0 Å². The van der Waals surface area contributed by atoms with Crippen molar-refractivity contribution < 1.29 is 28.5 Å². The Balaban J connectivity index is 1.68. The first-order valence-electron chi connectivity index (χ1n) is 10.1. The van der Waals surface area contributed by atoms with Crippen molar-refractivity contribution in [3.05, 3.63) is 77.4 Å². The third kappa shape index (κ3) is 5.94. The first-order chi connectivity index (χ1) is 16.1. The zero-order valence-corrected chi connectivity index (χ0v) is 19.0. The molecule has 0 aromatic heterocycles. The van der Waals surface area contributed by atoms with Gasteiger partial charge in [0.05, 0.1) is 34.7 Å². The fourth-order valence-corrected chi connectivity index (χ4v) is 3.06. The molecule has 33 heavy (non-hydrogen) atoms. The fourth-order valence-electron chi connectivity index (χ4n) is 3.06. The summed E-state index contributed by atoms with van der Waals surface area (Å²) in [6, 6.07) is 18.3. The third-order valence-corrected chi connectivity index (χ3v) is 4.73. The van der Waals surface area contributed by atoms with E-state index in [0.717, 1.165) is 11.1 Å². The molecule has 3 aromatic rings. The molecule has 0 bridgehead atoms. The van der Waals surface area contributed by atoms with E-state index in [0.29, 0.717) is 40.9 Å². The van der Waals surface area contributed by atoms with Gasteiger partial charge in [-0.15, -0.1) is 0 Å². The number of carbonyl (C=O) groups excluding carboxylic acids is 1. The molecule has 3 rings (SSSR count). The molecule has 1 N–H and O–H groups in total. The van der Waals surface area contributed by atoms with Gasteiger partial charge in [0.1, 0.15) is 6.61 Å². The number of amides is 1. The maximum Gasteiger partial charge on any atom is 0.271 e. The van der Waals surface area contributed by atoms with Crippen LogP contribution in [0.1, 0.15) is 21.5 Å². The summed E-state index contributed by atoms with van der Waals surface area (Å²) in [5.41, 5.74) is 4.58. The second-order valence-corrected chi connectivity index (χ2v) is 6.80. The second kappa shape index (κ2) is 11.4. The molecule has 0 unspecified atom stereocenters. The van der Waals surface area contributed by atoms with Crippen molar-refractivity contribution in [2.24, 2.45) is 5.10 Å². The van der Waals surface area contributed by atoms with Crippen molar-refractivity contribution in [1.29, 1.82) is 0 Å². The van der Waals surface area contributed by atoms with Crippen LogP contribution in [0.4, 0.5) is 0 Å². The third-order valence-electron chi connectivity index (χ3n) is 4.73. The first kappa shape index (κ1) is 23.5. The monoisotopic (exact) mass is 450 g/mol. The number of benzene rings is 3. The van der Waals surface area contributed by atoms with Gasteiger partial charge >= 0.3 is 0 Å². The number of ether oxygens (including phenoxy) is 5. The van der Waals surface area contributed by atoms with E-state index in [9.17, 15) is 4.79 Å². The van der Waals surface area contributed by atoms with Crippen molar-refractivity contribution in [1.82, 2.24) is 5.43 Å². The second-order valence-electron chi connectivity index (χ2n) is 6.80. The van der Waals surface area contributed by atoms with Gasteiger partial charge in [0.15, 0.2) is 23.0 Å². The van der Waals surface area contributed by atoms with Crippen LogP contribution in [0.25, 0.3) is 0 Å². The van der Waals surface area contributed by atoms with Gasteiger partial charge in [-0.05, 0) is 41.5 Å². The molecule has 0 spiro atoms. The lowest BCUT2D eigenvalue weighted by molar-refractivity contribution is 0.0954. The van der Waals surface area contributed by atoms with Crippen molar-refractivity contribution in [2.75, 3.05) is 28.4 Å². The summed E-state index contributed by atoms with van der Waals surface area (Å²) in [5.74, 6) is 1.90. The van der Waals surface area contributed by atoms with Crippen LogP contribution in [0.2, 0.25) is 0 Å². The van der Waals surface area contributed by atoms with Crippen LogP contribution >= 0.6 is 0 Å². The van der Waals surface area contributed by atoms with Crippen LogP contribution in [0.15, 0.2) is 65.8 Å². The lowest BCUT2D eigenvalue weighted by Crippen LogP contribution is -2.18. The van der Waals surface area contributed by atoms with Gasteiger partial charge in [-0.2, -0.15) is 5.10 Å². The number of methoxy groups -OCH3 is 4. The summed E-state index contributed by atoms with van der Waals surface area (Å²) in [4.78, 5) is 12.5. The smallest absolute Gasteiger partial charge is 0.271 e. The standard InChI is InChI=1S/C25H26N2O6/c1-29-21-12-18(10-11-20(21)33-16-17-8-6-5-7-9-17)15-26-27-25(28)19-13-22(30-2)24(32-4)23(14-19)31-3/h5-15H,16H2,1-4H3,(H,27,28)/b26-15+. The van der Waals surface area contributed by atoms with Crippen LogP contribution in [0.5, 0.6) is 28.7 Å². The number of nitrogens with one attached hydrogen (secondary N) is 1. The lowest BCUT2D eigenvalue weighted by Gasteiger charge is -2.13. The molecule has 0 saturated heterocycles. The normalized spacial score (nSPS) is 10.5. The van der Waals surface area contributed by atoms with Crippen LogP contribution in [0, 0.1) is 0 Å². The highest BCUT2D eigenvalue weighted by Gasteiger charge is 2.16. The summed E-state index contributed by atoms with van der Waals surface area (Å²) in [6.45, 7) is 0.426. The highest BCUT2D eigenvalue weighted by Crippen LogP contribution is 2.38. The minimum atomic E-state index is -0.430. The van der Waals surface area contributed by atoms with E-state index in [1.165, 1.54) is 27.5 Å². The molecule has 8 nitrogen and oxygen atoms in total. The molecule has 3 aromatic carbocycles. The molecule has 0 fully saturated rings. The molecule has 0 aliphatic heterocycles. The molecule has 0 saturated carbocycles. The Kier molecular flexibility index (Phi) is 8.13. The predicted octanol–water partition coefficient (Wildman–Crippen LogP) is 4.06. The molecule has 0 heterocycles. The molecular weight excluding hydrogens is 424 g/mol. The SMILES string of the molecule is COc1cc(/C=N/NC(=O)c2cc(OC)c(OC)c(OC)c2)ccc1OCc1ccccc1. The number of hydrogen-bond donors (Lipinski definition) is 1. The number of hydrazone groups is 1. The molecule has 172 valence electrons. The minimum absolute atomic E-state index is 0.309. The van der Waals surface area contributed by atoms with Gasteiger partial charge in [0.2, 0.25) is 5.75 Å². The van der Waals surface area contributed by atoms with E-state index in [1.807, 2.05) is 36.4 Å². The Morgan fingerprint density at radius 2 is 1.48 bits per heavy atom. The van der Waals surface area contributed by atoms with E-state index in [2.05, 4.69) is 10.5 Å². The number of rotatable bonds is 10. The maximum atomic E-state index is 12.5. The summed E-state index contributed by atoms with van der Waals surface area (Å²) >= 11 is 0. The quantitative estimate of drug-likeness (QED) is 0.370.